The van der Waals surface area contributed by atoms with Crippen LogP contribution >= 0.6 is 0 Å². The Morgan fingerprint density at radius 3 is 2.59 bits per heavy atom. The largest absolute Gasteiger partial charge is 0.489 e. The Balaban J connectivity index is 2.41. The predicted molar refractivity (Wildman–Crippen MR) is 65.7 cm³/mol. The van der Waals surface area contributed by atoms with Crippen LogP contribution in [0.1, 0.15) is 13.8 Å². The van der Waals surface area contributed by atoms with Gasteiger partial charge in [-0.25, -0.2) is 4.39 Å². The molecule has 0 spiro atoms. The number of ether oxygens (including phenoxy) is 1. The molecule has 96 valence electrons. The van der Waals surface area contributed by atoms with Crippen molar-refractivity contribution in [2.45, 2.75) is 19.4 Å². The summed E-state index contributed by atoms with van der Waals surface area (Å²) in [6.45, 7) is 4.97. The van der Waals surface area contributed by atoms with Crippen molar-refractivity contribution >= 4 is 0 Å². The first-order valence-corrected chi connectivity index (χ1v) is 5.67. The maximum Gasteiger partial charge on any atom is 0.165 e. The van der Waals surface area contributed by atoms with E-state index in [0.29, 0.717) is 13.2 Å². The average Bonchev–Trinajstić information content (AvgIpc) is 2.31. The summed E-state index contributed by atoms with van der Waals surface area (Å²) in [6.07, 6.45) is 0. The Bertz CT molecular complexity index is 355. The molecule has 1 rings (SSSR count). The molecule has 0 bridgehead atoms. The zero-order chi connectivity index (χ0) is 12.9. The maximum absolute atomic E-state index is 13.2. The van der Waals surface area contributed by atoms with Gasteiger partial charge in [-0.15, -0.1) is 0 Å². The minimum absolute atomic E-state index is 0.0726. The Morgan fingerprint density at radius 2 is 2.00 bits per heavy atom. The van der Waals surface area contributed by atoms with E-state index in [1.165, 1.54) is 6.07 Å². The fourth-order valence-electron chi connectivity index (χ4n) is 1.28. The summed E-state index contributed by atoms with van der Waals surface area (Å²) in [5.41, 5.74) is -0.293. The van der Waals surface area contributed by atoms with Crippen molar-refractivity contribution in [2.24, 2.45) is 0 Å². The topological polar surface area (TPSA) is 32.7 Å². The van der Waals surface area contributed by atoms with Gasteiger partial charge in [-0.05, 0) is 33.0 Å². The van der Waals surface area contributed by atoms with E-state index < -0.39 is 0 Å². The van der Waals surface area contributed by atoms with Crippen LogP contribution in [-0.4, -0.2) is 42.4 Å². The van der Waals surface area contributed by atoms with Gasteiger partial charge in [0.2, 0.25) is 0 Å². The molecular weight excluding hydrogens is 221 g/mol. The van der Waals surface area contributed by atoms with Gasteiger partial charge in [0.15, 0.2) is 11.6 Å². The van der Waals surface area contributed by atoms with E-state index in [2.05, 4.69) is 0 Å². The van der Waals surface area contributed by atoms with Crippen molar-refractivity contribution in [1.82, 2.24) is 4.90 Å². The first-order valence-electron chi connectivity index (χ1n) is 5.67. The van der Waals surface area contributed by atoms with Crippen LogP contribution in [0.4, 0.5) is 4.39 Å². The van der Waals surface area contributed by atoms with Gasteiger partial charge in [-0.1, -0.05) is 12.1 Å². The van der Waals surface area contributed by atoms with Crippen molar-refractivity contribution in [1.29, 1.82) is 0 Å². The van der Waals surface area contributed by atoms with Crippen LogP contribution in [0.25, 0.3) is 0 Å². The lowest BCUT2D eigenvalue weighted by molar-refractivity contribution is 0.0674. The molecule has 17 heavy (non-hydrogen) atoms. The number of nitrogens with zero attached hydrogens (tertiary/aromatic N) is 1. The molecule has 0 fully saturated rings. The number of aliphatic hydroxyl groups excluding tert-OH is 1. The first kappa shape index (κ1) is 13.9. The molecule has 0 saturated carbocycles. The van der Waals surface area contributed by atoms with E-state index in [-0.39, 0.29) is 23.7 Å². The standard InChI is InChI=1S/C13H20FNO2/c1-13(2,10-16)15(3)8-9-17-12-7-5-4-6-11(12)14/h4-7,16H,8-10H2,1-3H3. The summed E-state index contributed by atoms with van der Waals surface area (Å²) in [5.74, 6) is -0.0840. The lowest BCUT2D eigenvalue weighted by Crippen LogP contribution is -2.45. The van der Waals surface area contributed by atoms with Gasteiger partial charge < -0.3 is 9.84 Å². The third-order valence-corrected chi connectivity index (χ3v) is 2.94. The maximum atomic E-state index is 13.2. The number of aliphatic hydroxyl groups is 1. The van der Waals surface area contributed by atoms with E-state index in [1.807, 2.05) is 25.8 Å². The van der Waals surface area contributed by atoms with Crippen molar-refractivity contribution in [3.63, 3.8) is 0 Å². The fourth-order valence-corrected chi connectivity index (χ4v) is 1.28. The molecular formula is C13H20FNO2. The second kappa shape index (κ2) is 5.98. The fraction of sp³-hybridized carbons (Fsp3) is 0.538. The summed E-state index contributed by atoms with van der Waals surface area (Å²) in [7, 11) is 1.90. The van der Waals surface area contributed by atoms with E-state index in [9.17, 15) is 9.50 Å². The van der Waals surface area contributed by atoms with Crippen molar-refractivity contribution in [3.8, 4) is 5.75 Å². The van der Waals surface area contributed by atoms with Gasteiger partial charge in [0.1, 0.15) is 6.61 Å². The number of likely N-dealkylation sites (N-methyl/N-ethyl adjacent to an activating group) is 1. The van der Waals surface area contributed by atoms with Crippen LogP contribution in [0.3, 0.4) is 0 Å². The second-order valence-corrected chi connectivity index (χ2v) is 4.67. The van der Waals surface area contributed by atoms with Crippen molar-refractivity contribution < 1.29 is 14.2 Å². The molecule has 0 amide bonds. The molecule has 0 heterocycles. The average molecular weight is 241 g/mol. The van der Waals surface area contributed by atoms with E-state index in [0.717, 1.165) is 0 Å². The van der Waals surface area contributed by atoms with E-state index in [4.69, 9.17) is 4.74 Å². The molecule has 0 aliphatic heterocycles. The molecule has 0 aromatic heterocycles. The van der Waals surface area contributed by atoms with Crippen LogP contribution in [0.2, 0.25) is 0 Å². The summed E-state index contributed by atoms with van der Waals surface area (Å²) in [5, 5.41) is 9.18. The molecule has 4 heteroatoms. The minimum Gasteiger partial charge on any atom is -0.489 e. The molecule has 0 unspecified atom stereocenters. The van der Waals surface area contributed by atoms with Crippen LogP contribution in [0, 0.1) is 5.82 Å². The number of para-hydroxylation sites is 1. The monoisotopic (exact) mass is 241 g/mol. The SMILES string of the molecule is CN(CCOc1ccccc1F)C(C)(C)CO. The molecule has 1 N–H and O–H groups in total. The molecule has 0 atom stereocenters. The van der Waals surface area contributed by atoms with Gasteiger partial charge >= 0.3 is 0 Å². The number of hydrogen-bond acceptors (Lipinski definition) is 3. The Labute approximate surface area is 102 Å². The van der Waals surface area contributed by atoms with Crippen LogP contribution in [-0.2, 0) is 0 Å². The second-order valence-electron chi connectivity index (χ2n) is 4.67. The Hall–Kier alpha value is -1.13. The van der Waals surface area contributed by atoms with Crippen LogP contribution < -0.4 is 4.74 Å². The van der Waals surface area contributed by atoms with Crippen molar-refractivity contribution in [3.05, 3.63) is 30.1 Å². The number of halogens is 1. The number of rotatable bonds is 6. The Kier molecular flexibility index (Phi) is 4.90. The van der Waals surface area contributed by atoms with E-state index in [1.54, 1.807) is 18.2 Å². The Morgan fingerprint density at radius 1 is 1.35 bits per heavy atom. The molecule has 0 saturated heterocycles. The summed E-state index contributed by atoms with van der Waals surface area (Å²) >= 11 is 0. The lowest BCUT2D eigenvalue weighted by Gasteiger charge is -2.33. The molecule has 0 radical (unpaired) electrons. The molecule has 0 aliphatic carbocycles. The first-order chi connectivity index (χ1) is 7.97. The quantitative estimate of drug-likeness (QED) is 0.825. The summed E-state index contributed by atoms with van der Waals surface area (Å²) in [6, 6.07) is 6.34. The third-order valence-electron chi connectivity index (χ3n) is 2.94. The number of hydrogen-bond donors (Lipinski definition) is 1. The normalized spacial score (nSPS) is 11.9. The highest BCUT2D eigenvalue weighted by Crippen LogP contribution is 2.16. The summed E-state index contributed by atoms with van der Waals surface area (Å²) in [4.78, 5) is 1.98. The predicted octanol–water partition coefficient (Wildman–Crippen LogP) is 1.91. The minimum atomic E-state index is -0.350. The smallest absolute Gasteiger partial charge is 0.165 e. The zero-order valence-corrected chi connectivity index (χ0v) is 10.6. The van der Waals surface area contributed by atoms with Gasteiger partial charge in [-0.2, -0.15) is 0 Å². The third kappa shape index (κ3) is 3.98. The van der Waals surface area contributed by atoms with Crippen molar-refractivity contribution in [2.75, 3.05) is 26.8 Å². The highest BCUT2D eigenvalue weighted by Gasteiger charge is 2.21. The number of benzene rings is 1. The molecule has 1 aromatic carbocycles. The van der Waals surface area contributed by atoms with Crippen LogP contribution in [0.5, 0.6) is 5.75 Å². The summed E-state index contributed by atoms with van der Waals surface area (Å²) < 4.78 is 18.6. The van der Waals surface area contributed by atoms with Gasteiger partial charge in [0.25, 0.3) is 0 Å². The van der Waals surface area contributed by atoms with Crippen LogP contribution in [0.15, 0.2) is 24.3 Å². The highest BCUT2D eigenvalue weighted by atomic mass is 19.1. The lowest BCUT2D eigenvalue weighted by atomic mass is 10.1. The van der Waals surface area contributed by atoms with Gasteiger partial charge in [0.05, 0.1) is 6.61 Å². The molecule has 3 nitrogen and oxygen atoms in total. The molecule has 0 aliphatic rings. The van der Waals surface area contributed by atoms with Gasteiger partial charge in [0, 0.05) is 12.1 Å². The zero-order valence-electron chi connectivity index (χ0n) is 10.6. The molecule has 1 aromatic rings. The highest BCUT2D eigenvalue weighted by molar-refractivity contribution is 5.23. The van der Waals surface area contributed by atoms with E-state index >= 15 is 0 Å². The van der Waals surface area contributed by atoms with Gasteiger partial charge in [-0.3, -0.25) is 4.90 Å².